The minimum atomic E-state index is -0.150. The lowest BCUT2D eigenvalue weighted by molar-refractivity contribution is -0.116. The van der Waals surface area contributed by atoms with E-state index in [0.29, 0.717) is 13.1 Å². The highest BCUT2D eigenvalue weighted by Crippen LogP contribution is 2.20. The third-order valence-electron chi connectivity index (χ3n) is 3.54. The molecule has 1 heterocycles. The lowest BCUT2D eigenvalue weighted by atomic mass is 10.1. The molecule has 0 fully saturated rings. The number of nitrogens with one attached hydrogen (secondary N) is 1. The Morgan fingerprint density at radius 1 is 1.39 bits per heavy atom. The van der Waals surface area contributed by atoms with Gasteiger partial charge in [-0.1, -0.05) is 35.9 Å². The number of rotatable bonds is 6. The lowest BCUT2D eigenvalue weighted by Crippen LogP contribution is -2.20. The summed E-state index contributed by atoms with van der Waals surface area (Å²) in [5.41, 5.74) is 3.84. The molecule has 2 aromatic rings. The quantitative estimate of drug-likeness (QED) is 0.651. The molecule has 1 amide bonds. The molecule has 1 N–H and O–H groups in total. The summed E-state index contributed by atoms with van der Waals surface area (Å²) in [4.78, 5) is 11.6. The zero-order chi connectivity index (χ0) is 16.8. The van der Waals surface area contributed by atoms with Gasteiger partial charge in [0.2, 0.25) is 5.91 Å². The summed E-state index contributed by atoms with van der Waals surface area (Å²) in [5, 5.41) is 7.98. The largest absolute Gasteiger partial charge is 0.349 e. The van der Waals surface area contributed by atoms with Crippen molar-refractivity contribution in [2.75, 3.05) is 6.54 Å². The SMILES string of the molecule is C=CCNC(=O)/C=C/c1c(C)nn(Cc2ccccc2Cl)c1C. The fraction of sp³-hybridized carbons (Fsp3) is 0.222. The normalized spacial score (nSPS) is 10.9. The van der Waals surface area contributed by atoms with Gasteiger partial charge in [0, 0.05) is 28.9 Å². The minimum absolute atomic E-state index is 0.150. The summed E-state index contributed by atoms with van der Waals surface area (Å²) >= 11 is 6.21. The summed E-state index contributed by atoms with van der Waals surface area (Å²) in [5.74, 6) is -0.150. The van der Waals surface area contributed by atoms with Crippen LogP contribution in [0.2, 0.25) is 5.02 Å². The molecule has 0 aliphatic heterocycles. The van der Waals surface area contributed by atoms with Gasteiger partial charge in [0.15, 0.2) is 0 Å². The first kappa shape index (κ1) is 17.0. The van der Waals surface area contributed by atoms with E-state index in [-0.39, 0.29) is 5.91 Å². The first-order valence-corrected chi connectivity index (χ1v) is 7.75. The first-order chi connectivity index (χ1) is 11.0. The molecule has 0 spiro atoms. The number of benzene rings is 1. The smallest absolute Gasteiger partial charge is 0.244 e. The van der Waals surface area contributed by atoms with E-state index in [4.69, 9.17) is 11.6 Å². The van der Waals surface area contributed by atoms with Crippen molar-refractivity contribution in [1.29, 1.82) is 0 Å². The molecule has 2 rings (SSSR count). The summed E-state index contributed by atoms with van der Waals surface area (Å²) in [6.45, 7) is 8.53. The Morgan fingerprint density at radius 3 is 2.83 bits per heavy atom. The number of amides is 1. The van der Waals surface area contributed by atoms with Crippen LogP contribution in [0, 0.1) is 13.8 Å². The summed E-state index contributed by atoms with van der Waals surface area (Å²) in [6.07, 6.45) is 4.95. The molecule has 0 unspecified atom stereocenters. The second-order valence-electron chi connectivity index (χ2n) is 5.20. The Morgan fingerprint density at radius 2 is 2.13 bits per heavy atom. The molecular weight excluding hydrogens is 310 g/mol. The van der Waals surface area contributed by atoms with Crippen LogP contribution >= 0.6 is 11.6 Å². The van der Waals surface area contributed by atoms with Gasteiger partial charge in [-0.3, -0.25) is 9.48 Å². The molecule has 0 aliphatic rings. The van der Waals surface area contributed by atoms with Gasteiger partial charge >= 0.3 is 0 Å². The highest BCUT2D eigenvalue weighted by molar-refractivity contribution is 6.31. The van der Waals surface area contributed by atoms with Crippen LogP contribution < -0.4 is 5.32 Å². The van der Waals surface area contributed by atoms with Crippen molar-refractivity contribution in [3.63, 3.8) is 0 Å². The van der Waals surface area contributed by atoms with Crippen molar-refractivity contribution in [2.24, 2.45) is 0 Å². The number of halogens is 1. The van der Waals surface area contributed by atoms with Gasteiger partial charge in [0.1, 0.15) is 0 Å². The predicted octanol–water partition coefficient (Wildman–Crippen LogP) is 3.52. The predicted molar refractivity (Wildman–Crippen MR) is 94.5 cm³/mol. The van der Waals surface area contributed by atoms with Gasteiger partial charge in [-0.15, -0.1) is 6.58 Å². The van der Waals surface area contributed by atoms with Crippen LogP contribution in [0.5, 0.6) is 0 Å². The van der Waals surface area contributed by atoms with Crippen LogP contribution in [0.3, 0.4) is 0 Å². The first-order valence-electron chi connectivity index (χ1n) is 7.37. The lowest BCUT2D eigenvalue weighted by Gasteiger charge is -2.06. The molecule has 120 valence electrons. The topological polar surface area (TPSA) is 46.9 Å². The Hall–Kier alpha value is -2.33. The summed E-state index contributed by atoms with van der Waals surface area (Å²) < 4.78 is 1.90. The zero-order valence-corrected chi connectivity index (χ0v) is 14.1. The maximum Gasteiger partial charge on any atom is 0.244 e. The van der Waals surface area contributed by atoms with Crippen molar-refractivity contribution >= 4 is 23.6 Å². The van der Waals surface area contributed by atoms with Gasteiger partial charge in [-0.2, -0.15) is 5.10 Å². The van der Waals surface area contributed by atoms with Crippen molar-refractivity contribution in [2.45, 2.75) is 20.4 Å². The Labute approximate surface area is 141 Å². The van der Waals surface area contributed by atoms with Gasteiger partial charge in [-0.05, 0) is 31.6 Å². The second-order valence-corrected chi connectivity index (χ2v) is 5.61. The van der Waals surface area contributed by atoms with Gasteiger partial charge in [-0.25, -0.2) is 0 Å². The number of carbonyl (C=O) groups excluding carboxylic acids is 1. The molecular formula is C18H20ClN3O. The fourth-order valence-corrected chi connectivity index (χ4v) is 2.48. The van der Waals surface area contributed by atoms with Crippen LogP contribution in [0.25, 0.3) is 6.08 Å². The number of hydrogen-bond acceptors (Lipinski definition) is 2. The second kappa shape index (κ2) is 7.79. The van der Waals surface area contributed by atoms with E-state index in [1.54, 1.807) is 12.2 Å². The average Bonchev–Trinajstić information content (AvgIpc) is 2.79. The van der Waals surface area contributed by atoms with Crippen molar-refractivity contribution < 1.29 is 4.79 Å². The Bertz CT molecular complexity index is 747. The third-order valence-corrected chi connectivity index (χ3v) is 3.91. The van der Waals surface area contributed by atoms with Gasteiger partial charge in [0.05, 0.1) is 12.2 Å². The average molecular weight is 330 g/mol. The van der Waals surface area contributed by atoms with Crippen LogP contribution in [0.15, 0.2) is 43.0 Å². The standard InChI is InChI=1S/C18H20ClN3O/c1-4-11-20-18(23)10-9-16-13(2)21-22(14(16)3)12-15-7-5-6-8-17(15)19/h4-10H,1,11-12H2,2-3H3,(H,20,23)/b10-9+. The van der Waals surface area contributed by atoms with E-state index in [2.05, 4.69) is 17.0 Å². The van der Waals surface area contributed by atoms with E-state index in [9.17, 15) is 4.79 Å². The van der Waals surface area contributed by atoms with Crippen LogP contribution in [-0.4, -0.2) is 22.2 Å². The zero-order valence-electron chi connectivity index (χ0n) is 13.3. The minimum Gasteiger partial charge on any atom is -0.349 e. The molecule has 0 saturated carbocycles. The number of aryl methyl sites for hydroxylation is 1. The van der Waals surface area contributed by atoms with E-state index in [1.165, 1.54) is 6.08 Å². The highest BCUT2D eigenvalue weighted by Gasteiger charge is 2.11. The highest BCUT2D eigenvalue weighted by atomic mass is 35.5. The molecule has 23 heavy (non-hydrogen) atoms. The van der Waals surface area contributed by atoms with Gasteiger partial charge < -0.3 is 5.32 Å². The Kier molecular flexibility index (Phi) is 5.77. The maximum atomic E-state index is 11.6. The van der Waals surface area contributed by atoms with Crippen LogP contribution in [0.1, 0.15) is 22.5 Å². The molecule has 0 atom stereocenters. The Balaban J connectivity index is 2.19. The molecule has 1 aromatic heterocycles. The number of nitrogens with zero attached hydrogens (tertiary/aromatic N) is 2. The molecule has 0 radical (unpaired) electrons. The van der Waals surface area contributed by atoms with E-state index in [0.717, 1.165) is 27.5 Å². The third kappa shape index (κ3) is 4.33. The number of carbonyl (C=O) groups is 1. The number of hydrogen-bond donors (Lipinski definition) is 1. The number of aromatic nitrogens is 2. The molecule has 4 nitrogen and oxygen atoms in total. The molecule has 5 heteroatoms. The van der Waals surface area contributed by atoms with E-state index >= 15 is 0 Å². The molecule has 0 aliphatic carbocycles. The van der Waals surface area contributed by atoms with Crippen molar-refractivity contribution in [3.8, 4) is 0 Å². The van der Waals surface area contributed by atoms with Crippen LogP contribution in [0.4, 0.5) is 0 Å². The summed E-state index contributed by atoms with van der Waals surface area (Å²) in [6, 6.07) is 7.71. The van der Waals surface area contributed by atoms with Crippen molar-refractivity contribution in [1.82, 2.24) is 15.1 Å². The van der Waals surface area contributed by atoms with E-state index < -0.39 is 0 Å². The molecule has 0 bridgehead atoms. The monoisotopic (exact) mass is 329 g/mol. The summed E-state index contributed by atoms with van der Waals surface area (Å²) in [7, 11) is 0. The van der Waals surface area contributed by atoms with E-state index in [1.807, 2.05) is 42.8 Å². The molecule has 0 saturated heterocycles. The fourth-order valence-electron chi connectivity index (χ4n) is 2.28. The maximum absolute atomic E-state index is 11.6. The van der Waals surface area contributed by atoms with Crippen molar-refractivity contribution in [3.05, 3.63) is 70.5 Å². The van der Waals surface area contributed by atoms with Gasteiger partial charge in [0.25, 0.3) is 0 Å². The molecule has 1 aromatic carbocycles. The van der Waals surface area contributed by atoms with Crippen LogP contribution in [-0.2, 0) is 11.3 Å².